The number of amides is 1. The van der Waals surface area contributed by atoms with Crippen molar-refractivity contribution in [3.05, 3.63) is 65.7 Å². The van der Waals surface area contributed by atoms with Crippen LogP contribution in [-0.4, -0.2) is 44.9 Å². The minimum absolute atomic E-state index is 0.143. The summed E-state index contributed by atoms with van der Waals surface area (Å²) in [6.07, 6.45) is 2.52. The molecule has 1 saturated heterocycles. The molecule has 0 bridgehead atoms. The minimum atomic E-state index is -3.59. The lowest BCUT2D eigenvalue weighted by molar-refractivity contribution is -0.111. The topological polar surface area (TPSA) is 75.7 Å². The molecule has 1 heterocycles. The van der Waals surface area contributed by atoms with Gasteiger partial charge in [-0.05, 0) is 35.9 Å². The van der Waals surface area contributed by atoms with Crippen molar-refractivity contribution in [3.8, 4) is 0 Å². The summed E-state index contributed by atoms with van der Waals surface area (Å²) in [6.45, 7) is 1.32. The number of hydrogen-bond acceptors (Lipinski definition) is 4. The molecule has 0 saturated carbocycles. The molecule has 0 unspecified atom stereocenters. The van der Waals surface area contributed by atoms with E-state index < -0.39 is 33.3 Å². The number of sulfonamides is 1. The van der Waals surface area contributed by atoms with Gasteiger partial charge in [0, 0.05) is 19.2 Å². The number of carbonyl (C=O) groups is 1. The lowest BCUT2D eigenvalue weighted by Gasteiger charge is -2.26. The SMILES string of the molecule is O=C(C=Cc1ccc(S(=O)(=O)N2CCOCC2)cc1)Nc1c(F)cccc1F. The fourth-order valence-electron chi connectivity index (χ4n) is 2.64. The standard InChI is InChI=1S/C19H18F2N2O4S/c20-16-2-1-3-17(21)19(16)22-18(24)9-6-14-4-7-15(8-5-14)28(25,26)23-10-12-27-13-11-23/h1-9H,10-13H2,(H,22,24). The third-order valence-electron chi connectivity index (χ3n) is 4.13. The molecule has 2 aromatic rings. The molecule has 9 heteroatoms. The van der Waals surface area contributed by atoms with Crippen LogP contribution in [-0.2, 0) is 19.6 Å². The average molecular weight is 408 g/mol. The van der Waals surface area contributed by atoms with Crippen molar-refractivity contribution in [1.29, 1.82) is 0 Å². The smallest absolute Gasteiger partial charge is 0.248 e. The average Bonchev–Trinajstić information content (AvgIpc) is 2.70. The van der Waals surface area contributed by atoms with Crippen LogP contribution in [0, 0.1) is 11.6 Å². The number of benzene rings is 2. The van der Waals surface area contributed by atoms with Crippen LogP contribution in [0.25, 0.3) is 6.08 Å². The van der Waals surface area contributed by atoms with Gasteiger partial charge in [-0.1, -0.05) is 18.2 Å². The zero-order chi connectivity index (χ0) is 20.1. The fourth-order valence-corrected chi connectivity index (χ4v) is 4.05. The molecule has 148 valence electrons. The molecular weight excluding hydrogens is 390 g/mol. The highest BCUT2D eigenvalue weighted by atomic mass is 32.2. The summed E-state index contributed by atoms with van der Waals surface area (Å²) in [5.74, 6) is -2.46. The first-order valence-electron chi connectivity index (χ1n) is 8.49. The van der Waals surface area contributed by atoms with E-state index in [2.05, 4.69) is 5.32 Å². The maximum Gasteiger partial charge on any atom is 0.248 e. The quantitative estimate of drug-likeness (QED) is 0.772. The zero-order valence-electron chi connectivity index (χ0n) is 14.8. The van der Waals surface area contributed by atoms with Crippen LogP contribution < -0.4 is 5.32 Å². The first kappa shape index (κ1) is 20.1. The van der Waals surface area contributed by atoms with Crippen LogP contribution >= 0.6 is 0 Å². The summed E-state index contributed by atoms with van der Waals surface area (Å²) >= 11 is 0. The molecular formula is C19H18F2N2O4S. The molecule has 0 aromatic heterocycles. The predicted octanol–water partition coefficient (Wildman–Crippen LogP) is 2.64. The highest BCUT2D eigenvalue weighted by Gasteiger charge is 2.25. The van der Waals surface area contributed by atoms with E-state index in [0.29, 0.717) is 31.9 Å². The maximum absolute atomic E-state index is 13.5. The first-order chi connectivity index (χ1) is 13.4. The molecule has 0 spiro atoms. The van der Waals surface area contributed by atoms with E-state index in [0.717, 1.165) is 18.2 Å². The third kappa shape index (κ3) is 4.61. The van der Waals surface area contributed by atoms with E-state index in [1.54, 1.807) is 12.1 Å². The van der Waals surface area contributed by atoms with Crippen LogP contribution in [0.2, 0.25) is 0 Å². The summed E-state index contributed by atoms with van der Waals surface area (Å²) in [5, 5.41) is 2.14. The summed E-state index contributed by atoms with van der Waals surface area (Å²) < 4.78 is 58.7. The largest absolute Gasteiger partial charge is 0.379 e. The Bertz CT molecular complexity index is 965. The molecule has 0 atom stereocenters. The third-order valence-corrected chi connectivity index (χ3v) is 6.04. The summed E-state index contributed by atoms with van der Waals surface area (Å²) in [4.78, 5) is 12.0. The number of carbonyl (C=O) groups excluding carboxylic acids is 1. The van der Waals surface area contributed by atoms with Crippen molar-refractivity contribution >= 4 is 27.7 Å². The lowest BCUT2D eigenvalue weighted by Crippen LogP contribution is -2.40. The number of ether oxygens (including phenoxy) is 1. The molecule has 6 nitrogen and oxygen atoms in total. The van der Waals surface area contributed by atoms with Gasteiger partial charge in [-0.3, -0.25) is 4.79 Å². The Morgan fingerprint density at radius 3 is 2.25 bits per heavy atom. The second-order valence-electron chi connectivity index (χ2n) is 6.00. The number of rotatable bonds is 5. The number of nitrogens with zero attached hydrogens (tertiary/aromatic N) is 1. The Morgan fingerprint density at radius 2 is 1.64 bits per heavy atom. The van der Waals surface area contributed by atoms with Crippen LogP contribution in [0.1, 0.15) is 5.56 Å². The van der Waals surface area contributed by atoms with Crippen LogP contribution in [0.15, 0.2) is 53.4 Å². The van der Waals surface area contributed by atoms with Crippen LogP contribution in [0.3, 0.4) is 0 Å². The molecule has 0 aliphatic carbocycles. The highest BCUT2D eigenvalue weighted by Crippen LogP contribution is 2.19. The number of morpholine rings is 1. The Kier molecular flexibility index (Phi) is 6.18. The number of hydrogen-bond donors (Lipinski definition) is 1. The van der Waals surface area contributed by atoms with Gasteiger partial charge < -0.3 is 10.1 Å². The van der Waals surface area contributed by atoms with Gasteiger partial charge in [0.2, 0.25) is 15.9 Å². The van der Waals surface area contributed by atoms with E-state index >= 15 is 0 Å². The molecule has 1 aliphatic heterocycles. The van der Waals surface area contributed by atoms with E-state index in [1.807, 2.05) is 0 Å². The van der Waals surface area contributed by atoms with Crippen molar-refractivity contribution in [1.82, 2.24) is 4.31 Å². The second-order valence-corrected chi connectivity index (χ2v) is 7.94. The molecule has 1 aliphatic rings. The Balaban J connectivity index is 1.67. The van der Waals surface area contributed by atoms with Gasteiger partial charge in [0.05, 0.1) is 18.1 Å². The van der Waals surface area contributed by atoms with Crippen molar-refractivity contribution in [2.24, 2.45) is 0 Å². The molecule has 2 aromatic carbocycles. The molecule has 28 heavy (non-hydrogen) atoms. The van der Waals surface area contributed by atoms with Gasteiger partial charge in [-0.2, -0.15) is 4.31 Å². The lowest BCUT2D eigenvalue weighted by atomic mass is 10.2. The molecule has 1 N–H and O–H groups in total. The fraction of sp³-hybridized carbons (Fsp3) is 0.211. The predicted molar refractivity (Wildman–Crippen MR) is 100 cm³/mol. The van der Waals surface area contributed by atoms with E-state index in [9.17, 15) is 22.0 Å². The van der Waals surface area contributed by atoms with Crippen molar-refractivity contribution in [2.75, 3.05) is 31.6 Å². The second kappa shape index (κ2) is 8.59. The van der Waals surface area contributed by atoms with Gasteiger partial charge in [0.25, 0.3) is 0 Å². The maximum atomic E-state index is 13.5. The molecule has 1 amide bonds. The Hall–Kier alpha value is -2.62. The van der Waals surface area contributed by atoms with Crippen molar-refractivity contribution in [2.45, 2.75) is 4.90 Å². The van der Waals surface area contributed by atoms with Gasteiger partial charge in [-0.15, -0.1) is 0 Å². The first-order valence-corrected chi connectivity index (χ1v) is 9.93. The number of para-hydroxylation sites is 1. The Morgan fingerprint density at radius 1 is 1.04 bits per heavy atom. The van der Waals surface area contributed by atoms with Gasteiger partial charge >= 0.3 is 0 Å². The molecule has 0 radical (unpaired) electrons. The monoisotopic (exact) mass is 408 g/mol. The van der Waals surface area contributed by atoms with Gasteiger partial charge in [0.1, 0.15) is 17.3 Å². The Labute approximate surface area is 161 Å². The van der Waals surface area contributed by atoms with E-state index in [4.69, 9.17) is 4.74 Å². The van der Waals surface area contributed by atoms with Gasteiger partial charge in [-0.25, -0.2) is 17.2 Å². The summed E-state index contributed by atoms with van der Waals surface area (Å²) in [5.41, 5.74) is 0.0363. The summed E-state index contributed by atoms with van der Waals surface area (Å²) in [6, 6.07) is 9.24. The van der Waals surface area contributed by atoms with E-state index in [1.165, 1.54) is 28.6 Å². The number of anilines is 1. The highest BCUT2D eigenvalue weighted by molar-refractivity contribution is 7.89. The number of halogens is 2. The number of nitrogens with one attached hydrogen (secondary N) is 1. The summed E-state index contributed by atoms with van der Waals surface area (Å²) in [7, 11) is -3.59. The molecule has 3 rings (SSSR count). The van der Waals surface area contributed by atoms with Crippen LogP contribution in [0.5, 0.6) is 0 Å². The minimum Gasteiger partial charge on any atom is -0.379 e. The molecule has 1 fully saturated rings. The van der Waals surface area contributed by atoms with E-state index in [-0.39, 0.29) is 4.90 Å². The van der Waals surface area contributed by atoms with Crippen LogP contribution in [0.4, 0.5) is 14.5 Å². The normalized spacial score (nSPS) is 15.6. The van der Waals surface area contributed by atoms with Crippen molar-refractivity contribution in [3.63, 3.8) is 0 Å². The van der Waals surface area contributed by atoms with Crippen molar-refractivity contribution < 1.29 is 26.7 Å². The zero-order valence-corrected chi connectivity index (χ0v) is 15.6. The van der Waals surface area contributed by atoms with Gasteiger partial charge in [0.15, 0.2) is 0 Å².